The molecule has 1 aliphatic heterocycles. The van der Waals surface area contributed by atoms with Crippen molar-refractivity contribution in [2.24, 2.45) is 0 Å². The summed E-state index contributed by atoms with van der Waals surface area (Å²) in [6.45, 7) is 5.13. The molecule has 112 valence electrons. The maximum absolute atomic E-state index is 5.74. The van der Waals surface area contributed by atoms with Gasteiger partial charge in [0.2, 0.25) is 0 Å². The van der Waals surface area contributed by atoms with E-state index in [4.69, 9.17) is 4.74 Å². The Labute approximate surface area is 124 Å². The van der Waals surface area contributed by atoms with E-state index in [1.54, 1.807) is 11.0 Å². The highest BCUT2D eigenvalue weighted by molar-refractivity contribution is 5.57. The normalized spacial score (nSPS) is 22.2. The zero-order chi connectivity index (χ0) is 14.7. The number of aryl methyl sites for hydroxylation is 1. The molecule has 0 spiro atoms. The van der Waals surface area contributed by atoms with E-state index in [1.807, 2.05) is 6.07 Å². The van der Waals surface area contributed by atoms with Gasteiger partial charge >= 0.3 is 0 Å². The van der Waals surface area contributed by atoms with Crippen molar-refractivity contribution < 1.29 is 4.74 Å². The lowest BCUT2D eigenvalue weighted by Gasteiger charge is -2.30. The van der Waals surface area contributed by atoms with Crippen LogP contribution < -0.4 is 5.32 Å². The average molecular weight is 287 g/mol. The van der Waals surface area contributed by atoms with Gasteiger partial charge < -0.3 is 10.1 Å². The molecule has 0 amide bonds. The summed E-state index contributed by atoms with van der Waals surface area (Å²) >= 11 is 0. The van der Waals surface area contributed by atoms with E-state index in [2.05, 4.69) is 46.8 Å². The Hall–Kier alpha value is -1.95. The fourth-order valence-corrected chi connectivity index (χ4v) is 2.70. The Kier molecular flexibility index (Phi) is 4.15. The first-order valence-electron chi connectivity index (χ1n) is 7.48. The van der Waals surface area contributed by atoms with Gasteiger partial charge in [-0.3, -0.25) is 0 Å². The van der Waals surface area contributed by atoms with Crippen LogP contribution in [0.15, 0.2) is 24.5 Å². The van der Waals surface area contributed by atoms with Gasteiger partial charge in [0.25, 0.3) is 0 Å². The maximum atomic E-state index is 5.74. The van der Waals surface area contributed by atoms with Crippen molar-refractivity contribution in [1.29, 1.82) is 0 Å². The van der Waals surface area contributed by atoms with Crippen molar-refractivity contribution in [3.05, 3.63) is 30.1 Å². The summed E-state index contributed by atoms with van der Waals surface area (Å²) < 4.78 is 7.41. The van der Waals surface area contributed by atoms with Gasteiger partial charge in [-0.1, -0.05) is 13.0 Å². The van der Waals surface area contributed by atoms with Crippen molar-refractivity contribution in [1.82, 2.24) is 20.2 Å². The third-order valence-corrected chi connectivity index (χ3v) is 4.02. The second kappa shape index (κ2) is 6.22. The highest BCUT2D eigenvalue weighted by Crippen LogP contribution is 2.24. The van der Waals surface area contributed by atoms with Crippen LogP contribution in [-0.2, 0) is 4.74 Å². The molecular formula is C15H21N5O. The van der Waals surface area contributed by atoms with E-state index >= 15 is 0 Å². The van der Waals surface area contributed by atoms with Crippen molar-refractivity contribution in [3.63, 3.8) is 0 Å². The number of tetrazole rings is 1. The summed E-state index contributed by atoms with van der Waals surface area (Å²) in [5, 5.41) is 15.0. The number of hydrogen-bond acceptors (Lipinski definition) is 5. The Morgan fingerprint density at radius 3 is 3.10 bits per heavy atom. The Balaban J connectivity index is 1.77. The molecule has 6 nitrogen and oxygen atoms in total. The molecule has 1 aromatic heterocycles. The van der Waals surface area contributed by atoms with Gasteiger partial charge in [-0.2, -0.15) is 0 Å². The van der Waals surface area contributed by atoms with Crippen LogP contribution in [0.2, 0.25) is 0 Å². The first-order valence-corrected chi connectivity index (χ1v) is 7.48. The number of rotatable bonds is 4. The minimum atomic E-state index is 0.374. The van der Waals surface area contributed by atoms with Crippen LogP contribution >= 0.6 is 0 Å². The molecule has 3 rings (SSSR count). The van der Waals surface area contributed by atoms with Crippen LogP contribution in [0, 0.1) is 6.92 Å². The second-order valence-electron chi connectivity index (χ2n) is 5.52. The molecule has 2 aromatic rings. The minimum absolute atomic E-state index is 0.374. The van der Waals surface area contributed by atoms with E-state index in [0.717, 1.165) is 37.2 Å². The summed E-state index contributed by atoms with van der Waals surface area (Å²) in [7, 11) is 0. The van der Waals surface area contributed by atoms with Crippen LogP contribution in [0.3, 0.4) is 0 Å². The molecule has 1 saturated heterocycles. The van der Waals surface area contributed by atoms with E-state index < -0.39 is 0 Å². The van der Waals surface area contributed by atoms with Crippen molar-refractivity contribution in [2.75, 3.05) is 11.9 Å². The number of nitrogens with one attached hydrogen (secondary N) is 1. The van der Waals surface area contributed by atoms with Crippen LogP contribution in [0.1, 0.15) is 31.7 Å². The van der Waals surface area contributed by atoms with Gasteiger partial charge in [0.05, 0.1) is 11.8 Å². The maximum Gasteiger partial charge on any atom is 0.143 e. The highest BCUT2D eigenvalue weighted by Gasteiger charge is 2.21. The van der Waals surface area contributed by atoms with Crippen LogP contribution in [0.25, 0.3) is 5.69 Å². The lowest BCUT2D eigenvalue weighted by molar-refractivity contribution is 0.00925. The van der Waals surface area contributed by atoms with Gasteiger partial charge in [0, 0.05) is 18.3 Å². The van der Waals surface area contributed by atoms with Gasteiger partial charge in [-0.25, -0.2) is 4.68 Å². The quantitative estimate of drug-likeness (QED) is 0.935. The molecule has 1 fully saturated rings. The Morgan fingerprint density at radius 1 is 1.43 bits per heavy atom. The fourth-order valence-electron chi connectivity index (χ4n) is 2.70. The predicted molar refractivity (Wildman–Crippen MR) is 80.6 cm³/mol. The summed E-state index contributed by atoms with van der Waals surface area (Å²) in [5.74, 6) is 0. The number of ether oxygens (including phenoxy) is 1. The molecule has 1 aliphatic rings. The topological polar surface area (TPSA) is 64.9 Å². The Morgan fingerprint density at radius 2 is 2.33 bits per heavy atom. The van der Waals surface area contributed by atoms with Crippen LogP contribution in [0.5, 0.6) is 0 Å². The fraction of sp³-hybridized carbons (Fsp3) is 0.533. The summed E-state index contributed by atoms with van der Waals surface area (Å²) in [6.07, 6.45) is 5.16. The number of benzene rings is 1. The molecule has 21 heavy (non-hydrogen) atoms. The molecule has 0 aliphatic carbocycles. The second-order valence-corrected chi connectivity index (χ2v) is 5.52. The van der Waals surface area contributed by atoms with Crippen LogP contribution in [-0.4, -0.2) is 39.0 Å². The van der Waals surface area contributed by atoms with E-state index in [0.29, 0.717) is 12.1 Å². The van der Waals surface area contributed by atoms with Crippen LogP contribution in [0.4, 0.5) is 5.69 Å². The molecule has 1 N–H and O–H groups in total. The molecule has 0 saturated carbocycles. The molecular weight excluding hydrogens is 266 g/mol. The lowest BCUT2D eigenvalue weighted by atomic mass is 10.0. The van der Waals surface area contributed by atoms with Gasteiger partial charge in [-0.05, 0) is 54.3 Å². The highest BCUT2D eigenvalue weighted by atomic mass is 16.5. The van der Waals surface area contributed by atoms with Gasteiger partial charge in [0.1, 0.15) is 6.33 Å². The first kappa shape index (κ1) is 14.0. The Bertz CT molecular complexity index is 584. The van der Waals surface area contributed by atoms with Crippen molar-refractivity contribution in [2.45, 2.75) is 45.3 Å². The lowest BCUT2D eigenvalue weighted by Crippen LogP contribution is -2.33. The van der Waals surface area contributed by atoms with Gasteiger partial charge in [-0.15, -0.1) is 5.10 Å². The van der Waals surface area contributed by atoms with E-state index in [1.165, 1.54) is 5.56 Å². The molecule has 6 heteroatoms. The smallest absolute Gasteiger partial charge is 0.143 e. The summed E-state index contributed by atoms with van der Waals surface area (Å²) in [5.41, 5.74) is 3.34. The number of nitrogens with zero attached hydrogens (tertiary/aromatic N) is 4. The molecule has 2 unspecified atom stereocenters. The monoisotopic (exact) mass is 287 g/mol. The zero-order valence-corrected chi connectivity index (χ0v) is 12.5. The van der Waals surface area contributed by atoms with E-state index in [-0.39, 0.29) is 0 Å². The molecule has 0 bridgehead atoms. The summed E-state index contributed by atoms with van der Waals surface area (Å²) in [4.78, 5) is 0. The van der Waals surface area contributed by atoms with E-state index in [9.17, 15) is 0 Å². The average Bonchev–Trinajstić information content (AvgIpc) is 3.04. The standard InChI is InChI=1S/C15H21N5O/c1-3-14-8-12(6-7-21-14)17-15-9-13(5-4-11(15)2)20-10-16-18-19-20/h4-5,9-10,12,14,17H,3,6-8H2,1-2H3. The molecule has 2 heterocycles. The molecule has 1 aromatic carbocycles. The van der Waals surface area contributed by atoms with Crippen molar-refractivity contribution >= 4 is 5.69 Å². The molecule has 0 radical (unpaired) electrons. The van der Waals surface area contributed by atoms with Gasteiger partial charge in [0.15, 0.2) is 0 Å². The third kappa shape index (κ3) is 3.21. The summed E-state index contributed by atoms with van der Waals surface area (Å²) in [6, 6.07) is 6.68. The third-order valence-electron chi connectivity index (χ3n) is 4.02. The number of aromatic nitrogens is 4. The SMILES string of the molecule is CCC1CC(Nc2cc(-n3cnnn3)ccc2C)CCO1. The number of anilines is 1. The largest absolute Gasteiger partial charge is 0.382 e. The minimum Gasteiger partial charge on any atom is -0.382 e. The predicted octanol–water partition coefficient (Wildman–Crippen LogP) is 2.34. The number of hydrogen-bond donors (Lipinski definition) is 1. The zero-order valence-electron chi connectivity index (χ0n) is 12.5. The van der Waals surface area contributed by atoms with Crippen molar-refractivity contribution in [3.8, 4) is 5.69 Å². The first-order chi connectivity index (χ1) is 10.3. The molecule has 2 atom stereocenters.